The van der Waals surface area contributed by atoms with Crippen LogP contribution in [-0.2, 0) is 0 Å². The van der Waals surface area contributed by atoms with Gasteiger partial charge in [-0.15, -0.1) is 0 Å². The summed E-state index contributed by atoms with van der Waals surface area (Å²) in [7, 11) is 0. The Hall–Kier alpha value is -1.10. The molecule has 0 aliphatic carbocycles. The topological polar surface area (TPSA) is 63.5 Å². The minimum Gasteiger partial charge on any atom is -0.394 e. The van der Waals surface area contributed by atoms with Crippen molar-refractivity contribution in [2.75, 3.05) is 6.61 Å². The van der Waals surface area contributed by atoms with E-state index in [0.717, 1.165) is 11.1 Å². The molecule has 0 saturated heterocycles. The third-order valence-electron chi connectivity index (χ3n) is 2.13. The molecule has 14 heavy (non-hydrogen) atoms. The van der Waals surface area contributed by atoms with Crippen molar-refractivity contribution in [2.45, 2.75) is 6.04 Å². The first-order valence-corrected chi connectivity index (χ1v) is 4.58. The zero-order chi connectivity index (χ0) is 10.1. The van der Waals surface area contributed by atoms with E-state index in [1.54, 1.807) is 10.7 Å². The third-order valence-corrected chi connectivity index (χ3v) is 2.42. The largest absolute Gasteiger partial charge is 0.394 e. The first kappa shape index (κ1) is 9.45. The van der Waals surface area contributed by atoms with Crippen LogP contribution < -0.4 is 5.73 Å². The highest BCUT2D eigenvalue weighted by Gasteiger charge is 2.06. The summed E-state index contributed by atoms with van der Waals surface area (Å²) in [4.78, 5) is 3.95. The van der Waals surface area contributed by atoms with Crippen LogP contribution in [0.2, 0.25) is 5.15 Å². The SMILES string of the molecule is NC(CO)c1ccc2c(Cl)ncn2c1. The number of halogens is 1. The van der Waals surface area contributed by atoms with Gasteiger partial charge in [0, 0.05) is 6.20 Å². The summed E-state index contributed by atoms with van der Waals surface area (Å²) in [6.45, 7) is -0.0755. The van der Waals surface area contributed by atoms with Gasteiger partial charge in [-0.2, -0.15) is 0 Å². The molecule has 0 fully saturated rings. The van der Waals surface area contributed by atoms with Gasteiger partial charge in [0.05, 0.1) is 18.2 Å². The van der Waals surface area contributed by atoms with Crippen LogP contribution in [0, 0.1) is 0 Å². The lowest BCUT2D eigenvalue weighted by molar-refractivity contribution is 0.268. The molecule has 2 heterocycles. The summed E-state index contributed by atoms with van der Waals surface area (Å²) in [5.41, 5.74) is 7.36. The van der Waals surface area contributed by atoms with Crippen molar-refractivity contribution in [1.29, 1.82) is 0 Å². The van der Waals surface area contributed by atoms with Gasteiger partial charge in [-0.3, -0.25) is 0 Å². The molecule has 0 aliphatic rings. The van der Waals surface area contributed by atoms with E-state index in [-0.39, 0.29) is 12.6 Å². The van der Waals surface area contributed by atoms with E-state index in [4.69, 9.17) is 22.4 Å². The van der Waals surface area contributed by atoms with Crippen molar-refractivity contribution in [3.63, 3.8) is 0 Å². The van der Waals surface area contributed by atoms with E-state index in [1.807, 2.05) is 18.3 Å². The van der Waals surface area contributed by atoms with Crippen LogP contribution in [0.3, 0.4) is 0 Å². The van der Waals surface area contributed by atoms with E-state index < -0.39 is 0 Å². The predicted molar refractivity (Wildman–Crippen MR) is 54.2 cm³/mol. The molecular formula is C9H10ClN3O. The summed E-state index contributed by atoms with van der Waals surface area (Å²) in [6, 6.07) is 3.31. The number of fused-ring (bicyclic) bond motifs is 1. The zero-order valence-corrected chi connectivity index (χ0v) is 8.15. The molecule has 2 aromatic rings. The fourth-order valence-corrected chi connectivity index (χ4v) is 1.51. The first-order chi connectivity index (χ1) is 6.72. The number of imidazole rings is 1. The van der Waals surface area contributed by atoms with Gasteiger partial charge in [-0.25, -0.2) is 4.98 Å². The highest BCUT2D eigenvalue weighted by Crippen LogP contribution is 2.17. The molecule has 1 unspecified atom stereocenters. The second-order valence-corrected chi connectivity index (χ2v) is 3.44. The Bertz CT molecular complexity index is 454. The predicted octanol–water partition coefficient (Wildman–Crippen LogP) is 0.980. The lowest BCUT2D eigenvalue weighted by atomic mass is 10.1. The van der Waals surface area contributed by atoms with E-state index >= 15 is 0 Å². The molecule has 0 amide bonds. The Morgan fingerprint density at radius 1 is 1.57 bits per heavy atom. The average molecular weight is 212 g/mol. The van der Waals surface area contributed by atoms with E-state index in [0.29, 0.717) is 5.15 Å². The summed E-state index contributed by atoms with van der Waals surface area (Å²) in [6.07, 6.45) is 3.43. The van der Waals surface area contributed by atoms with Gasteiger partial charge in [0.1, 0.15) is 6.33 Å². The monoisotopic (exact) mass is 211 g/mol. The van der Waals surface area contributed by atoms with Crippen LogP contribution >= 0.6 is 11.6 Å². The molecule has 3 N–H and O–H groups in total. The van der Waals surface area contributed by atoms with Crippen molar-refractivity contribution < 1.29 is 5.11 Å². The molecule has 4 nitrogen and oxygen atoms in total. The minimum absolute atomic E-state index is 0.0755. The van der Waals surface area contributed by atoms with Crippen molar-refractivity contribution in [2.24, 2.45) is 5.73 Å². The number of pyridine rings is 1. The normalized spacial score (nSPS) is 13.4. The molecule has 0 saturated carbocycles. The maximum Gasteiger partial charge on any atom is 0.154 e. The van der Waals surface area contributed by atoms with Crippen LogP contribution in [0.5, 0.6) is 0 Å². The molecule has 0 aliphatic heterocycles. The number of nitrogens with two attached hydrogens (primary N) is 1. The van der Waals surface area contributed by atoms with E-state index in [1.165, 1.54) is 0 Å². The van der Waals surface area contributed by atoms with Crippen LogP contribution in [0.4, 0.5) is 0 Å². The number of rotatable bonds is 2. The van der Waals surface area contributed by atoms with Crippen molar-refractivity contribution in [3.05, 3.63) is 35.4 Å². The van der Waals surface area contributed by atoms with Crippen LogP contribution in [-0.4, -0.2) is 21.1 Å². The molecule has 2 rings (SSSR count). The lowest BCUT2D eigenvalue weighted by Gasteiger charge is -2.08. The Labute approximate surface area is 85.9 Å². The molecule has 0 aromatic carbocycles. The van der Waals surface area contributed by atoms with Crippen LogP contribution in [0.15, 0.2) is 24.7 Å². The van der Waals surface area contributed by atoms with Gasteiger partial charge >= 0.3 is 0 Å². The molecular weight excluding hydrogens is 202 g/mol. The Morgan fingerprint density at radius 3 is 3.07 bits per heavy atom. The van der Waals surface area contributed by atoms with Crippen molar-refractivity contribution in [1.82, 2.24) is 9.38 Å². The highest BCUT2D eigenvalue weighted by atomic mass is 35.5. The van der Waals surface area contributed by atoms with Gasteiger partial charge in [0.25, 0.3) is 0 Å². The van der Waals surface area contributed by atoms with E-state index in [2.05, 4.69) is 4.98 Å². The number of hydrogen-bond donors (Lipinski definition) is 2. The smallest absolute Gasteiger partial charge is 0.154 e. The fourth-order valence-electron chi connectivity index (χ4n) is 1.31. The van der Waals surface area contributed by atoms with Gasteiger partial charge in [-0.05, 0) is 11.6 Å². The molecule has 2 aromatic heterocycles. The van der Waals surface area contributed by atoms with Gasteiger partial charge in [0.15, 0.2) is 5.15 Å². The second kappa shape index (κ2) is 3.57. The summed E-state index contributed by atoms with van der Waals surface area (Å²) in [5.74, 6) is 0. The first-order valence-electron chi connectivity index (χ1n) is 4.21. The summed E-state index contributed by atoms with van der Waals surface area (Å²) < 4.78 is 1.78. The molecule has 0 spiro atoms. The lowest BCUT2D eigenvalue weighted by Crippen LogP contribution is -2.14. The molecule has 0 bridgehead atoms. The van der Waals surface area contributed by atoms with Crippen molar-refractivity contribution in [3.8, 4) is 0 Å². The standard InChI is InChI=1S/C9H10ClN3O/c10-9-8-2-1-6(7(11)4-14)3-13(8)5-12-9/h1-3,5,7,14H,4,11H2. The number of aromatic nitrogens is 2. The highest BCUT2D eigenvalue weighted by molar-refractivity contribution is 6.32. The van der Waals surface area contributed by atoms with Crippen molar-refractivity contribution >= 4 is 17.1 Å². The Balaban J connectivity index is 2.52. The maximum atomic E-state index is 8.89. The number of aliphatic hydroxyl groups is 1. The number of aliphatic hydroxyl groups excluding tert-OH is 1. The average Bonchev–Trinajstić information content (AvgIpc) is 2.59. The quantitative estimate of drug-likeness (QED) is 0.779. The minimum atomic E-state index is -0.361. The number of hydrogen-bond acceptors (Lipinski definition) is 3. The summed E-state index contributed by atoms with van der Waals surface area (Å²) in [5, 5.41) is 9.36. The molecule has 0 radical (unpaired) electrons. The Morgan fingerprint density at radius 2 is 2.36 bits per heavy atom. The Kier molecular flexibility index (Phi) is 2.41. The van der Waals surface area contributed by atoms with Crippen LogP contribution in [0.25, 0.3) is 5.52 Å². The number of nitrogens with zero attached hydrogens (tertiary/aromatic N) is 2. The van der Waals surface area contributed by atoms with Gasteiger partial charge < -0.3 is 15.2 Å². The fraction of sp³-hybridized carbons (Fsp3) is 0.222. The van der Waals surface area contributed by atoms with Crippen LogP contribution in [0.1, 0.15) is 11.6 Å². The van der Waals surface area contributed by atoms with Gasteiger partial charge in [0.2, 0.25) is 0 Å². The molecule has 1 atom stereocenters. The third kappa shape index (κ3) is 1.48. The molecule has 5 heteroatoms. The maximum absolute atomic E-state index is 8.89. The van der Waals surface area contributed by atoms with E-state index in [9.17, 15) is 0 Å². The zero-order valence-electron chi connectivity index (χ0n) is 7.39. The second-order valence-electron chi connectivity index (χ2n) is 3.08. The molecule has 74 valence electrons. The van der Waals surface area contributed by atoms with Gasteiger partial charge in [-0.1, -0.05) is 17.7 Å². The summed E-state index contributed by atoms with van der Waals surface area (Å²) >= 11 is 5.83.